The van der Waals surface area contributed by atoms with Crippen molar-refractivity contribution in [1.29, 1.82) is 0 Å². The van der Waals surface area contributed by atoms with Gasteiger partial charge in [-0.05, 0) is 36.8 Å². The summed E-state index contributed by atoms with van der Waals surface area (Å²) >= 11 is 6.08. The highest BCUT2D eigenvalue weighted by Crippen LogP contribution is 2.34. The molecule has 0 fully saturated rings. The molecule has 3 aromatic rings. The van der Waals surface area contributed by atoms with Crippen molar-refractivity contribution in [3.8, 4) is 11.5 Å². The normalized spacial score (nSPS) is 11.9. The number of amides is 1. The van der Waals surface area contributed by atoms with E-state index < -0.39 is 0 Å². The molecule has 1 amide bonds. The molecule has 0 spiro atoms. The maximum Gasteiger partial charge on any atom is 0.258 e. The fourth-order valence-corrected chi connectivity index (χ4v) is 2.67. The van der Waals surface area contributed by atoms with Gasteiger partial charge in [-0.1, -0.05) is 17.7 Å². The number of aromatic nitrogens is 2. The average Bonchev–Trinajstić information content (AvgIpc) is 3.13. The first-order valence-electron chi connectivity index (χ1n) is 8.15. The van der Waals surface area contributed by atoms with Crippen molar-refractivity contribution < 1.29 is 14.3 Å². The predicted octanol–water partition coefficient (Wildman–Crippen LogP) is 4.16. The number of carbonyl (C=O) groups excluding carboxylic acids is 1. The number of hydrogen-bond donors (Lipinski definition) is 2. The number of hydrogen-bond acceptors (Lipinski definition) is 6. The van der Waals surface area contributed by atoms with E-state index >= 15 is 0 Å². The summed E-state index contributed by atoms with van der Waals surface area (Å²) in [6, 6.07) is 10.8. The van der Waals surface area contributed by atoms with Gasteiger partial charge in [-0.15, -0.1) is 0 Å². The minimum absolute atomic E-state index is 0.214. The molecule has 0 saturated carbocycles. The van der Waals surface area contributed by atoms with Crippen molar-refractivity contribution in [1.82, 2.24) is 9.97 Å². The zero-order valence-electron chi connectivity index (χ0n) is 14.3. The summed E-state index contributed by atoms with van der Waals surface area (Å²) in [6.07, 6.45) is 2.90. The number of fused-ring (bicyclic) bond motifs is 1. The van der Waals surface area contributed by atoms with E-state index in [1.807, 2.05) is 19.1 Å². The van der Waals surface area contributed by atoms with E-state index in [1.165, 1.54) is 12.4 Å². The van der Waals surface area contributed by atoms with E-state index in [9.17, 15) is 4.79 Å². The molecule has 0 saturated heterocycles. The van der Waals surface area contributed by atoms with Crippen molar-refractivity contribution in [3.05, 3.63) is 64.9 Å². The quantitative estimate of drug-likeness (QED) is 0.704. The first kappa shape index (κ1) is 17.1. The molecule has 27 heavy (non-hydrogen) atoms. The van der Waals surface area contributed by atoms with Gasteiger partial charge in [0.05, 0.1) is 5.56 Å². The topological polar surface area (TPSA) is 85.4 Å². The van der Waals surface area contributed by atoms with Crippen LogP contribution in [-0.2, 0) is 0 Å². The number of anilines is 3. The van der Waals surface area contributed by atoms with Crippen molar-refractivity contribution in [2.24, 2.45) is 0 Å². The Morgan fingerprint density at radius 1 is 1.04 bits per heavy atom. The van der Waals surface area contributed by atoms with Crippen molar-refractivity contribution in [2.75, 3.05) is 17.4 Å². The largest absolute Gasteiger partial charge is 0.454 e. The van der Waals surface area contributed by atoms with Crippen LogP contribution in [0.25, 0.3) is 0 Å². The molecule has 0 bridgehead atoms. The maximum absolute atomic E-state index is 12.3. The summed E-state index contributed by atoms with van der Waals surface area (Å²) in [6.45, 7) is 2.11. The summed E-state index contributed by atoms with van der Waals surface area (Å²) in [5.74, 6) is 1.41. The van der Waals surface area contributed by atoms with Gasteiger partial charge < -0.3 is 20.1 Å². The van der Waals surface area contributed by atoms with Gasteiger partial charge in [0, 0.05) is 34.9 Å². The van der Waals surface area contributed by atoms with Crippen LogP contribution in [0.1, 0.15) is 15.9 Å². The number of benzene rings is 2. The lowest BCUT2D eigenvalue weighted by molar-refractivity contribution is 0.102. The van der Waals surface area contributed by atoms with Crippen LogP contribution in [0.3, 0.4) is 0 Å². The van der Waals surface area contributed by atoms with E-state index in [0.717, 1.165) is 11.3 Å². The Labute approximate surface area is 160 Å². The fraction of sp³-hybridized carbons (Fsp3) is 0.105. The van der Waals surface area contributed by atoms with Crippen molar-refractivity contribution in [3.63, 3.8) is 0 Å². The fourth-order valence-electron chi connectivity index (χ4n) is 2.49. The second-order valence-electron chi connectivity index (χ2n) is 5.91. The van der Waals surface area contributed by atoms with Crippen LogP contribution in [-0.4, -0.2) is 22.7 Å². The first-order chi connectivity index (χ1) is 13.1. The number of carbonyl (C=O) groups is 1. The third kappa shape index (κ3) is 3.78. The summed E-state index contributed by atoms with van der Waals surface area (Å²) in [5.41, 5.74) is 2.64. The lowest BCUT2D eigenvalue weighted by Gasteiger charge is -2.08. The molecule has 2 N–H and O–H groups in total. The molecule has 8 heteroatoms. The predicted molar refractivity (Wildman–Crippen MR) is 102 cm³/mol. The van der Waals surface area contributed by atoms with Crippen molar-refractivity contribution in [2.45, 2.75) is 6.92 Å². The smallest absolute Gasteiger partial charge is 0.258 e. The molecule has 1 aliphatic heterocycles. The number of aryl methyl sites for hydroxylation is 1. The van der Waals surface area contributed by atoms with Crippen molar-refractivity contribution >= 4 is 34.8 Å². The SMILES string of the molecule is Cc1ccc(NC(=O)c2cnc(Nc3ccc4c(c3)OCO4)nc2)cc1Cl. The van der Waals surface area contributed by atoms with E-state index in [-0.39, 0.29) is 12.7 Å². The van der Waals surface area contributed by atoms with Gasteiger partial charge in [0.25, 0.3) is 5.91 Å². The Morgan fingerprint density at radius 2 is 1.78 bits per heavy atom. The van der Waals surface area contributed by atoms with Gasteiger partial charge in [0.2, 0.25) is 12.7 Å². The number of rotatable bonds is 4. The minimum atomic E-state index is -0.315. The highest BCUT2D eigenvalue weighted by atomic mass is 35.5. The second-order valence-corrected chi connectivity index (χ2v) is 6.31. The molecule has 1 aromatic heterocycles. The third-order valence-electron chi connectivity index (χ3n) is 3.97. The van der Waals surface area contributed by atoms with Gasteiger partial charge in [0.1, 0.15) is 0 Å². The van der Waals surface area contributed by atoms with Crippen LogP contribution in [0.2, 0.25) is 5.02 Å². The van der Waals surface area contributed by atoms with Crippen LogP contribution in [0, 0.1) is 6.92 Å². The van der Waals surface area contributed by atoms with Crippen LogP contribution in [0.4, 0.5) is 17.3 Å². The molecular weight excluding hydrogens is 368 g/mol. The molecule has 4 rings (SSSR count). The third-order valence-corrected chi connectivity index (χ3v) is 4.38. The second kappa shape index (κ2) is 7.13. The Kier molecular flexibility index (Phi) is 4.52. The van der Waals surface area contributed by atoms with Gasteiger partial charge in [-0.3, -0.25) is 4.79 Å². The Morgan fingerprint density at radius 3 is 2.56 bits per heavy atom. The number of halogens is 1. The zero-order valence-corrected chi connectivity index (χ0v) is 15.1. The number of nitrogens with one attached hydrogen (secondary N) is 2. The molecule has 7 nitrogen and oxygen atoms in total. The van der Waals surface area contributed by atoms with Crippen LogP contribution in [0.15, 0.2) is 48.8 Å². The number of nitrogens with zero attached hydrogens (tertiary/aromatic N) is 2. The lowest BCUT2D eigenvalue weighted by Crippen LogP contribution is -2.13. The molecule has 1 aliphatic rings. The highest BCUT2D eigenvalue weighted by Gasteiger charge is 2.14. The van der Waals surface area contributed by atoms with Gasteiger partial charge >= 0.3 is 0 Å². The monoisotopic (exact) mass is 382 g/mol. The van der Waals surface area contributed by atoms with Crippen LogP contribution < -0.4 is 20.1 Å². The van der Waals surface area contributed by atoms with Crippen LogP contribution in [0.5, 0.6) is 11.5 Å². The molecule has 0 radical (unpaired) electrons. The molecule has 2 aromatic carbocycles. The summed E-state index contributed by atoms with van der Waals surface area (Å²) in [5, 5.41) is 6.42. The Balaban J connectivity index is 1.43. The summed E-state index contributed by atoms with van der Waals surface area (Å²) in [7, 11) is 0. The Hall–Kier alpha value is -3.32. The van der Waals surface area contributed by atoms with E-state index in [0.29, 0.717) is 33.7 Å². The molecule has 0 aliphatic carbocycles. The molecule has 0 atom stereocenters. The van der Waals surface area contributed by atoms with Gasteiger partial charge in [-0.25, -0.2) is 9.97 Å². The Bertz CT molecular complexity index is 1010. The zero-order chi connectivity index (χ0) is 18.8. The molecular formula is C19H15ClN4O3. The van der Waals surface area contributed by atoms with E-state index in [4.69, 9.17) is 21.1 Å². The van der Waals surface area contributed by atoms with E-state index in [1.54, 1.807) is 24.3 Å². The van der Waals surface area contributed by atoms with Crippen LogP contribution >= 0.6 is 11.6 Å². The number of ether oxygens (including phenoxy) is 2. The molecule has 2 heterocycles. The van der Waals surface area contributed by atoms with Gasteiger partial charge in [-0.2, -0.15) is 0 Å². The molecule has 0 unspecified atom stereocenters. The summed E-state index contributed by atoms with van der Waals surface area (Å²) < 4.78 is 10.6. The maximum atomic E-state index is 12.3. The van der Waals surface area contributed by atoms with Gasteiger partial charge in [0.15, 0.2) is 11.5 Å². The first-order valence-corrected chi connectivity index (χ1v) is 8.52. The summed E-state index contributed by atoms with van der Waals surface area (Å²) in [4.78, 5) is 20.7. The minimum Gasteiger partial charge on any atom is -0.454 e. The standard InChI is InChI=1S/C19H15ClN4O3/c1-11-2-3-13(6-15(11)20)23-18(25)12-8-21-19(22-9-12)24-14-4-5-16-17(7-14)27-10-26-16/h2-9H,10H2,1H3,(H,23,25)(H,21,22,24). The molecule has 136 valence electrons. The van der Waals surface area contributed by atoms with E-state index in [2.05, 4.69) is 20.6 Å². The lowest BCUT2D eigenvalue weighted by atomic mass is 10.2. The highest BCUT2D eigenvalue weighted by molar-refractivity contribution is 6.31. The average molecular weight is 383 g/mol.